The van der Waals surface area contributed by atoms with Gasteiger partial charge in [-0.15, -0.1) is 0 Å². The van der Waals surface area contributed by atoms with Crippen LogP contribution in [0, 0.1) is 5.92 Å². The highest BCUT2D eigenvalue weighted by molar-refractivity contribution is 9.10. The molecule has 1 amide bonds. The Hall–Kier alpha value is -2.66. The highest BCUT2D eigenvalue weighted by Gasteiger charge is 2.78. The Balaban J connectivity index is 1.62. The first-order valence-corrected chi connectivity index (χ1v) is 13.7. The van der Waals surface area contributed by atoms with Gasteiger partial charge in [0.05, 0.1) is 36.8 Å². The number of amides is 1. The highest BCUT2D eigenvalue weighted by atomic mass is 79.9. The number of carbonyl (C=O) groups excluding carboxylic acids is 3. The van der Waals surface area contributed by atoms with E-state index in [9.17, 15) is 14.4 Å². The average molecular weight is 584 g/mol. The zero-order chi connectivity index (χ0) is 25.9. The molecule has 8 nitrogen and oxygen atoms in total. The van der Waals surface area contributed by atoms with Crippen LogP contribution in [0.15, 0.2) is 58.0 Å². The maximum Gasteiger partial charge on any atom is 0.311 e. The molecule has 37 heavy (non-hydrogen) atoms. The number of nitrogens with one attached hydrogen (secondary N) is 1. The minimum atomic E-state index is -1.46. The molecule has 0 bridgehead atoms. The summed E-state index contributed by atoms with van der Waals surface area (Å²) in [5.74, 6) is -1.89. The van der Waals surface area contributed by atoms with Crippen molar-refractivity contribution in [3.05, 3.63) is 69.2 Å². The summed E-state index contributed by atoms with van der Waals surface area (Å²) in [7, 11) is 3.14. The van der Waals surface area contributed by atoms with Crippen LogP contribution in [0.3, 0.4) is 0 Å². The monoisotopic (exact) mass is 583 g/mol. The molecule has 2 aromatic rings. The maximum atomic E-state index is 15.0. The molecule has 4 heterocycles. The van der Waals surface area contributed by atoms with Crippen molar-refractivity contribution in [2.75, 3.05) is 52.3 Å². The van der Waals surface area contributed by atoms with Crippen LogP contribution in [0.25, 0.3) is 5.57 Å². The molecule has 0 saturated carbocycles. The topological polar surface area (TPSA) is 88.2 Å². The first kappa shape index (κ1) is 24.7. The van der Waals surface area contributed by atoms with E-state index >= 15 is 0 Å². The molecule has 0 aromatic heterocycles. The molecule has 1 N–H and O–H groups in total. The van der Waals surface area contributed by atoms with Gasteiger partial charge in [-0.3, -0.25) is 19.3 Å². The molecule has 2 saturated heterocycles. The molecule has 2 fully saturated rings. The van der Waals surface area contributed by atoms with Crippen LogP contribution in [0.2, 0.25) is 0 Å². The van der Waals surface area contributed by atoms with E-state index in [1.54, 1.807) is 0 Å². The number of morpholine rings is 1. The average Bonchev–Trinajstić information content (AvgIpc) is 3.49. The maximum absolute atomic E-state index is 15.0. The summed E-state index contributed by atoms with van der Waals surface area (Å²) in [4.78, 5) is 46.5. The molecular weight excluding hydrogens is 558 g/mol. The molecule has 4 aliphatic rings. The van der Waals surface area contributed by atoms with Crippen LogP contribution in [-0.4, -0.2) is 79.2 Å². The largest absolute Gasteiger partial charge is 0.469 e. The Bertz CT molecular complexity index is 1340. The van der Waals surface area contributed by atoms with Crippen molar-refractivity contribution in [2.24, 2.45) is 5.92 Å². The number of ketones is 1. The fourth-order valence-corrected chi connectivity index (χ4v) is 8.52. The Morgan fingerprint density at radius 2 is 1.84 bits per heavy atom. The number of methoxy groups -OCH3 is 1. The third-order valence-corrected chi connectivity index (χ3v) is 10.2. The molecule has 0 unspecified atom stereocenters. The van der Waals surface area contributed by atoms with Gasteiger partial charge in [0.25, 0.3) is 5.91 Å². The first-order chi connectivity index (χ1) is 17.9. The summed E-state index contributed by atoms with van der Waals surface area (Å²) in [5, 5.41) is 3.78. The summed E-state index contributed by atoms with van der Waals surface area (Å²) in [6.45, 7) is 2.50. The number of likely N-dealkylation sites (tertiary alicyclic amines) is 1. The number of likely N-dealkylation sites (N-methyl/N-ethyl adjacent to an activating group) is 1. The molecular formula is C27H26BrN3O5S. The summed E-state index contributed by atoms with van der Waals surface area (Å²) in [6, 6.07) is 15.0. The zero-order valence-electron chi connectivity index (χ0n) is 20.5. The van der Waals surface area contributed by atoms with Crippen molar-refractivity contribution < 1.29 is 23.9 Å². The lowest BCUT2D eigenvalue weighted by atomic mass is 9.70. The number of hydrogen-bond donors (Lipinski definition) is 1. The standard InChI is InChI=1S/C27H26BrN3O5S/c1-30-15-19(24(33)35-2)27(26(30)18-5-3-4-6-20(18)29-25(26)34)22(32)21(16-7-9-17(28)10-8-16)23(37-27)31-11-13-36-14-12-31/h3-10,19H,11-15H2,1-2H3,(H,29,34)/t19-,26-,27-/m0/s1. The van der Waals surface area contributed by atoms with Gasteiger partial charge in [0.2, 0.25) is 0 Å². The summed E-state index contributed by atoms with van der Waals surface area (Å²) in [5.41, 5.74) is 1.24. The Morgan fingerprint density at radius 1 is 1.14 bits per heavy atom. The number of nitrogens with zero attached hydrogens (tertiary/aromatic N) is 2. The molecule has 0 aliphatic carbocycles. The predicted molar refractivity (Wildman–Crippen MR) is 144 cm³/mol. The van der Waals surface area contributed by atoms with Gasteiger partial charge in [0, 0.05) is 35.4 Å². The summed E-state index contributed by atoms with van der Waals surface area (Å²) in [6.07, 6.45) is 0. The Labute approximate surface area is 227 Å². The number of thioether (sulfide) groups is 1. The SMILES string of the molecule is COC(=O)[C@@H]1CN(C)[C@@]2(C(=O)Nc3ccccc32)[C@]12SC(N1CCOCC1)=C(c1ccc(Br)cc1)C2=O. The van der Waals surface area contributed by atoms with Gasteiger partial charge in [-0.25, -0.2) is 0 Å². The van der Waals surface area contributed by atoms with E-state index in [0.717, 1.165) is 15.1 Å². The minimum absolute atomic E-state index is 0.206. The number of halogens is 1. The number of anilines is 1. The van der Waals surface area contributed by atoms with E-state index in [1.165, 1.54) is 18.9 Å². The lowest BCUT2D eigenvalue weighted by Crippen LogP contribution is -2.62. The van der Waals surface area contributed by atoms with Crippen LogP contribution in [0.1, 0.15) is 11.1 Å². The third-order valence-electron chi connectivity index (χ3n) is 7.90. The number of fused-ring (bicyclic) bond motifs is 3. The number of esters is 1. The van der Waals surface area contributed by atoms with Crippen molar-refractivity contribution in [3.63, 3.8) is 0 Å². The van der Waals surface area contributed by atoms with E-state index in [-0.39, 0.29) is 18.2 Å². The first-order valence-electron chi connectivity index (χ1n) is 12.1. The number of Topliss-reactive ketones (excluding diaryl/α,β-unsaturated/α-hetero) is 1. The second-order valence-corrected chi connectivity index (χ2v) is 11.8. The lowest BCUT2D eigenvalue weighted by molar-refractivity contribution is -0.147. The number of rotatable bonds is 3. The highest BCUT2D eigenvalue weighted by Crippen LogP contribution is 2.66. The van der Waals surface area contributed by atoms with Gasteiger partial charge in [0.1, 0.15) is 4.75 Å². The zero-order valence-corrected chi connectivity index (χ0v) is 22.9. The van der Waals surface area contributed by atoms with E-state index in [0.29, 0.717) is 43.1 Å². The number of allylic oxidation sites excluding steroid dienone is 1. The Kier molecular flexibility index (Phi) is 5.98. The fourth-order valence-electron chi connectivity index (χ4n) is 6.31. The van der Waals surface area contributed by atoms with Crippen molar-refractivity contribution in [1.29, 1.82) is 0 Å². The van der Waals surface area contributed by atoms with E-state index in [4.69, 9.17) is 9.47 Å². The third kappa shape index (κ3) is 3.25. The molecule has 0 radical (unpaired) electrons. The van der Waals surface area contributed by atoms with E-state index in [1.807, 2.05) is 60.5 Å². The van der Waals surface area contributed by atoms with E-state index in [2.05, 4.69) is 26.1 Å². The number of hydrogen-bond acceptors (Lipinski definition) is 8. The van der Waals surface area contributed by atoms with Gasteiger partial charge in [-0.05, 0) is 30.8 Å². The molecule has 192 valence electrons. The number of para-hydroxylation sites is 1. The lowest BCUT2D eigenvalue weighted by Gasteiger charge is -2.42. The molecule has 4 aliphatic heterocycles. The van der Waals surface area contributed by atoms with Gasteiger partial charge in [-0.2, -0.15) is 0 Å². The molecule has 2 aromatic carbocycles. The van der Waals surface area contributed by atoms with Crippen LogP contribution in [-0.2, 0) is 29.4 Å². The van der Waals surface area contributed by atoms with Crippen molar-refractivity contribution in [1.82, 2.24) is 9.80 Å². The predicted octanol–water partition coefficient (Wildman–Crippen LogP) is 3.09. The van der Waals surface area contributed by atoms with E-state index < -0.39 is 22.2 Å². The van der Waals surface area contributed by atoms with Gasteiger partial charge >= 0.3 is 5.97 Å². The molecule has 2 spiro atoms. The minimum Gasteiger partial charge on any atom is -0.469 e. The van der Waals surface area contributed by atoms with Crippen LogP contribution in [0.4, 0.5) is 5.69 Å². The molecule has 10 heteroatoms. The number of carbonyl (C=O) groups is 3. The molecule has 3 atom stereocenters. The summed E-state index contributed by atoms with van der Waals surface area (Å²) < 4.78 is 10.3. The van der Waals surface area contributed by atoms with Crippen molar-refractivity contribution in [3.8, 4) is 0 Å². The quantitative estimate of drug-likeness (QED) is 0.552. The number of benzene rings is 2. The Morgan fingerprint density at radius 3 is 2.54 bits per heavy atom. The second-order valence-electron chi connectivity index (χ2n) is 9.62. The summed E-state index contributed by atoms with van der Waals surface area (Å²) >= 11 is 4.83. The second kappa shape index (κ2) is 8.97. The van der Waals surface area contributed by atoms with Gasteiger partial charge in [0.15, 0.2) is 11.3 Å². The number of ether oxygens (including phenoxy) is 2. The fraction of sp³-hybridized carbons (Fsp3) is 0.370. The van der Waals surface area contributed by atoms with Gasteiger partial charge in [-0.1, -0.05) is 58.0 Å². The normalized spacial score (nSPS) is 29.4. The smallest absolute Gasteiger partial charge is 0.311 e. The van der Waals surface area contributed by atoms with Crippen molar-refractivity contribution >= 4 is 56.6 Å². The molecule has 6 rings (SSSR count). The van der Waals surface area contributed by atoms with Crippen molar-refractivity contribution in [2.45, 2.75) is 10.3 Å². The van der Waals surface area contributed by atoms with Gasteiger partial charge < -0.3 is 19.7 Å². The van der Waals surface area contributed by atoms with Crippen LogP contribution >= 0.6 is 27.7 Å². The van der Waals surface area contributed by atoms with Crippen LogP contribution in [0.5, 0.6) is 0 Å². The van der Waals surface area contributed by atoms with Crippen LogP contribution < -0.4 is 5.32 Å².